The van der Waals surface area contributed by atoms with E-state index in [1.54, 1.807) is 6.20 Å². The van der Waals surface area contributed by atoms with Crippen LogP contribution in [-0.2, 0) is 0 Å². The lowest BCUT2D eigenvalue weighted by molar-refractivity contribution is 0.0947. The number of hydrogen-bond acceptors (Lipinski definition) is 4. The number of aromatic nitrogens is 1. The molecular formula is C20H25N3OS. The molecule has 2 aromatic rings. The SMILES string of the molecule is O=C(NCCCN1CCCCC1)c1cccnc1Sc1ccccc1. The normalized spacial score (nSPS) is 15.0. The Morgan fingerprint density at radius 1 is 1.08 bits per heavy atom. The first kappa shape index (κ1) is 18.0. The van der Waals surface area contributed by atoms with Crippen molar-refractivity contribution in [2.75, 3.05) is 26.2 Å². The molecule has 3 rings (SSSR count). The molecule has 25 heavy (non-hydrogen) atoms. The van der Waals surface area contributed by atoms with E-state index in [2.05, 4.69) is 15.2 Å². The number of carbonyl (C=O) groups is 1. The van der Waals surface area contributed by atoms with Crippen LogP contribution in [0.3, 0.4) is 0 Å². The Balaban J connectivity index is 1.51. The highest BCUT2D eigenvalue weighted by molar-refractivity contribution is 7.99. The number of nitrogens with zero attached hydrogens (tertiary/aromatic N) is 2. The van der Waals surface area contributed by atoms with Crippen molar-refractivity contribution in [3.63, 3.8) is 0 Å². The van der Waals surface area contributed by atoms with Crippen molar-refractivity contribution in [3.8, 4) is 0 Å². The summed E-state index contributed by atoms with van der Waals surface area (Å²) < 4.78 is 0. The number of likely N-dealkylation sites (tertiary alicyclic amines) is 1. The summed E-state index contributed by atoms with van der Waals surface area (Å²) in [4.78, 5) is 20.5. The summed E-state index contributed by atoms with van der Waals surface area (Å²) in [6.07, 6.45) is 6.70. The molecule has 0 spiro atoms. The molecule has 1 amide bonds. The Morgan fingerprint density at radius 3 is 2.68 bits per heavy atom. The van der Waals surface area contributed by atoms with Gasteiger partial charge in [0.1, 0.15) is 5.03 Å². The van der Waals surface area contributed by atoms with E-state index in [-0.39, 0.29) is 5.91 Å². The maximum Gasteiger partial charge on any atom is 0.254 e. The minimum Gasteiger partial charge on any atom is -0.352 e. The van der Waals surface area contributed by atoms with Crippen LogP contribution in [0.2, 0.25) is 0 Å². The second-order valence-corrected chi connectivity index (χ2v) is 7.35. The number of amides is 1. The van der Waals surface area contributed by atoms with Gasteiger partial charge in [0.15, 0.2) is 0 Å². The Bertz CT molecular complexity index is 672. The van der Waals surface area contributed by atoms with Crippen molar-refractivity contribution in [2.24, 2.45) is 0 Å². The fourth-order valence-corrected chi connectivity index (χ4v) is 3.93. The van der Waals surface area contributed by atoms with Crippen LogP contribution in [0.1, 0.15) is 36.0 Å². The minimum atomic E-state index is -0.0369. The van der Waals surface area contributed by atoms with Gasteiger partial charge < -0.3 is 10.2 Å². The van der Waals surface area contributed by atoms with E-state index in [0.717, 1.165) is 22.9 Å². The minimum absolute atomic E-state index is 0.0369. The fourth-order valence-electron chi connectivity index (χ4n) is 3.03. The largest absolute Gasteiger partial charge is 0.352 e. The van der Waals surface area contributed by atoms with Gasteiger partial charge in [0, 0.05) is 17.6 Å². The zero-order valence-corrected chi connectivity index (χ0v) is 15.3. The van der Waals surface area contributed by atoms with Gasteiger partial charge in [-0.15, -0.1) is 0 Å². The molecule has 1 aliphatic rings. The number of hydrogen-bond donors (Lipinski definition) is 1. The number of benzene rings is 1. The van der Waals surface area contributed by atoms with Crippen LogP contribution in [0.25, 0.3) is 0 Å². The van der Waals surface area contributed by atoms with Gasteiger partial charge in [0.05, 0.1) is 5.56 Å². The molecule has 1 saturated heterocycles. The monoisotopic (exact) mass is 355 g/mol. The zero-order valence-electron chi connectivity index (χ0n) is 14.5. The van der Waals surface area contributed by atoms with Gasteiger partial charge in [-0.1, -0.05) is 36.4 Å². The molecule has 1 N–H and O–H groups in total. The van der Waals surface area contributed by atoms with Gasteiger partial charge in [-0.3, -0.25) is 4.79 Å². The third kappa shape index (κ3) is 5.58. The van der Waals surface area contributed by atoms with Crippen LogP contribution >= 0.6 is 11.8 Å². The van der Waals surface area contributed by atoms with Gasteiger partial charge in [-0.25, -0.2) is 4.98 Å². The molecule has 4 nitrogen and oxygen atoms in total. The third-order valence-corrected chi connectivity index (χ3v) is 5.39. The summed E-state index contributed by atoms with van der Waals surface area (Å²) in [5.74, 6) is -0.0369. The number of carbonyl (C=O) groups excluding carboxylic acids is 1. The lowest BCUT2D eigenvalue weighted by atomic mass is 10.1. The average molecular weight is 356 g/mol. The maximum atomic E-state index is 12.5. The van der Waals surface area contributed by atoms with E-state index in [1.807, 2.05) is 42.5 Å². The number of piperidine rings is 1. The van der Waals surface area contributed by atoms with Crippen molar-refractivity contribution >= 4 is 17.7 Å². The van der Waals surface area contributed by atoms with E-state index < -0.39 is 0 Å². The van der Waals surface area contributed by atoms with Crippen molar-refractivity contribution in [2.45, 2.75) is 35.6 Å². The predicted molar refractivity (Wildman–Crippen MR) is 102 cm³/mol. The van der Waals surface area contributed by atoms with Crippen molar-refractivity contribution in [3.05, 3.63) is 54.2 Å². The van der Waals surface area contributed by atoms with Crippen LogP contribution in [0.4, 0.5) is 0 Å². The molecule has 132 valence electrons. The molecule has 0 radical (unpaired) electrons. The Hall–Kier alpha value is -1.85. The first-order chi connectivity index (χ1) is 12.3. The van der Waals surface area contributed by atoms with Crippen LogP contribution in [0.5, 0.6) is 0 Å². The standard InChI is InChI=1S/C20H25N3OS/c24-19(21-13-8-16-23-14-5-2-6-15-23)18-11-7-12-22-20(18)25-17-9-3-1-4-10-17/h1,3-4,7,9-12H,2,5-6,8,13-16H2,(H,21,24). The molecule has 0 aliphatic carbocycles. The van der Waals surface area contributed by atoms with Crippen LogP contribution in [-0.4, -0.2) is 42.0 Å². The van der Waals surface area contributed by atoms with Crippen LogP contribution in [0.15, 0.2) is 58.6 Å². The zero-order chi connectivity index (χ0) is 17.3. The lowest BCUT2D eigenvalue weighted by Crippen LogP contribution is -2.33. The first-order valence-electron chi connectivity index (χ1n) is 9.01. The fraction of sp³-hybridized carbons (Fsp3) is 0.400. The molecule has 1 aromatic heterocycles. The van der Waals surface area contributed by atoms with E-state index in [0.29, 0.717) is 12.1 Å². The van der Waals surface area contributed by atoms with Gasteiger partial charge >= 0.3 is 0 Å². The number of rotatable bonds is 7. The quantitative estimate of drug-likeness (QED) is 0.767. The molecule has 0 saturated carbocycles. The van der Waals surface area contributed by atoms with Gasteiger partial charge in [0.2, 0.25) is 0 Å². The topological polar surface area (TPSA) is 45.2 Å². The van der Waals surface area contributed by atoms with E-state index in [9.17, 15) is 4.79 Å². The first-order valence-corrected chi connectivity index (χ1v) is 9.83. The van der Waals surface area contributed by atoms with Gasteiger partial charge in [-0.05, 0) is 63.2 Å². The molecular weight excluding hydrogens is 330 g/mol. The number of pyridine rings is 1. The molecule has 2 heterocycles. The molecule has 1 aromatic carbocycles. The summed E-state index contributed by atoms with van der Waals surface area (Å²) in [6.45, 7) is 4.18. The molecule has 0 bridgehead atoms. The molecule has 5 heteroatoms. The van der Waals surface area contributed by atoms with Crippen molar-refractivity contribution in [1.82, 2.24) is 15.2 Å². The predicted octanol–water partition coefficient (Wildman–Crippen LogP) is 3.84. The van der Waals surface area contributed by atoms with Crippen LogP contribution < -0.4 is 5.32 Å². The van der Waals surface area contributed by atoms with E-state index in [1.165, 1.54) is 44.1 Å². The van der Waals surface area contributed by atoms with Crippen LogP contribution in [0, 0.1) is 0 Å². The van der Waals surface area contributed by atoms with Crippen molar-refractivity contribution in [1.29, 1.82) is 0 Å². The third-order valence-electron chi connectivity index (χ3n) is 4.36. The maximum absolute atomic E-state index is 12.5. The molecule has 0 atom stereocenters. The highest BCUT2D eigenvalue weighted by Gasteiger charge is 2.14. The Labute approximate surface area is 154 Å². The second kappa shape index (κ2) is 9.59. The summed E-state index contributed by atoms with van der Waals surface area (Å²) in [5.41, 5.74) is 0.648. The molecule has 1 aliphatic heterocycles. The summed E-state index contributed by atoms with van der Waals surface area (Å²) in [6, 6.07) is 13.7. The highest BCUT2D eigenvalue weighted by atomic mass is 32.2. The Morgan fingerprint density at radius 2 is 1.88 bits per heavy atom. The highest BCUT2D eigenvalue weighted by Crippen LogP contribution is 2.28. The Kier molecular flexibility index (Phi) is 6.89. The van der Waals surface area contributed by atoms with E-state index >= 15 is 0 Å². The molecule has 1 fully saturated rings. The van der Waals surface area contributed by atoms with E-state index in [4.69, 9.17) is 0 Å². The van der Waals surface area contributed by atoms with Gasteiger partial charge in [-0.2, -0.15) is 0 Å². The smallest absolute Gasteiger partial charge is 0.254 e. The molecule has 0 unspecified atom stereocenters. The van der Waals surface area contributed by atoms with Gasteiger partial charge in [0.25, 0.3) is 5.91 Å². The average Bonchev–Trinajstić information content (AvgIpc) is 2.67. The second-order valence-electron chi connectivity index (χ2n) is 6.28. The summed E-state index contributed by atoms with van der Waals surface area (Å²) in [7, 11) is 0. The van der Waals surface area contributed by atoms with Crippen molar-refractivity contribution < 1.29 is 4.79 Å². The lowest BCUT2D eigenvalue weighted by Gasteiger charge is -2.26. The number of nitrogens with one attached hydrogen (secondary N) is 1. The summed E-state index contributed by atoms with van der Waals surface area (Å²) in [5, 5.41) is 3.80. The summed E-state index contributed by atoms with van der Waals surface area (Å²) >= 11 is 1.52.